The molecule has 0 aliphatic heterocycles. The molecule has 2 N–H and O–H groups in total. The van der Waals surface area contributed by atoms with Crippen LogP contribution in [-0.4, -0.2) is 42.8 Å². The highest BCUT2D eigenvalue weighted by Crippen LogP contribution is 2.14. The summed E-state index contributed by atoms with van der Waals surface area (Å²) in [5.74, 6) is 0.656. The average molecular weight is 241 g/mol. The summed E-state index contributed by atoms with van der Waals surface area (Å²) in [4.78, 5) is 13.3. The first kappa shape index (κ1) is 13.7. The monoisotopic (exact) mass is 241 g/mol. The molecule has 0 aromatic carbocycles. The minimum atomic E-state index is -0.0848. The van der Waals surface area contributed by atoms with E-state index >= 15 is 0 Å². The molecule has 0 bridgehead atoms. The molecule has 0 saturated heterocycles. The van der Waals surface area contributed by atoms with Gasteiger partial charge in [0, 0.05) is 19.2 Å². The number of rotatable bonds is 6. The Morgan fingerprint density at radius 3 is 2.76 bits per heavy atom. The average Bonchev–Trinajstić information content (AvgIpc) is 2.61. The van der Waals surface area contributed by atoms with Crippen molar-refractivity contribution in [2.45, 2.75) is 20.4 Å². The number of carbonyl (C=O) groups is 1. The molecular weight excluding hydrogens is 222 g/mol. The summed E-state index contributed by atoms with van der Waals surface area (Å²) in [5, 5.41) is 3.84. The molecule has 0 saturated carbocycles. The highest BCUT2D eigenvalue weighted by molar-refractivity contribution is 5.77. The number of likely N-dealkylation sites (N-methyl/N-ethyl adjacent to an activating group) is 1. The fraction of sp³-hybridized carbons (Fsp3) is 0.636. The number of ether oxygens (including phenoxy) is 1. The number of nitrogens with zero attached hydrogens (tertiary/aromatic N) is 2. The molecule has 0 unspecified atom stereocenters. The SMILES string of the molecule is Cc1noc(C)c1CN(C)C(=O)COCCN. The molecule has 0 atom stereocenters. The normalized spacial score (nSPS) is 10.6. The number of amides is 1. The van der Waals surface area contributed by atoms with Crippen LogP contribution in [0.1, 0.15) is 17.0 Å². The van der Waals surface area contributed by atoms with Gasteiger partial charge in [0.1, 0.15) is 12.4 Å². The number of aryl methyl sites for hydroxylation is 2. The Kier molecular flexibility index (Phi) is 5.11. The standard InChI is InChI=1S/C11H19N3O3/c1-8-10(9(2)17-13-8)6-14(3)11(15)7-16-5-4-12/h4-7,12H2,1-3H3. The Bertz CT molecular complexity index is 357. The highest BCUT2D eigenvalue weighted by Gasteiger charge is 2.15. The van der Waals surface area contributed by atoms with Crippen molar-refractivity contribution in [1.29, 1.82) is 0 Å². The fourth-order valence-electron chi connectivity index (χ4n) is 1.41. The maximum absolute atomic E-state index is 11.7. The van der Waals surface area contributed by atoms with Gasteiger partial charge in [0.25, 0.3) is 0 Å². The van der Waals surface area contributed by atoms with E-state index in [0.717, 1.165) is 17.0 Å². The van der Waals surface area contributed by atoms with Crippen LogP contribution >= 0.6 is 0 Å². The molecule has 1 amide bonds. The predicted octanol–water partition coefficient (Wildman–Crippen LogP) is 0.225. The highest BCUT2D eigenvalue weighted by atomic mass is 16.5. The number of hydrogen-bond acceptors (Lipinski definition) is 5. The second kappa shape index (κ2) is 6.36. The van der Waals surface area contributed by atoms with Gasteiger partial charge in [-0.2, -0.15) is 0 Å². The first-order valence-corrected chi connectivity index (χ1v) is 5.49. The van der Waals surface area contributed by atoms with Crippen LogP contribution in [0.4, 0.5) is 0 Å². The van der Waals surface area contributed by atoms with E-state index in [1.165, 1.54) is 0 Å². The summed E-state index contributed by atoms with van der Waals surface area (Å²) in [7, 11) is 1.72. The third-order valence-corrected chi connectivity index (χ3v) is 2.49. The van der Waals surface area contributed by atoms with Gasteiger partial charge in [-0.1, -0.05) is 5.16 Å². The minimum Gasteiger partial charge on any atom is -0.370 e. The molecule has 0 spiro atoms. The smallest absolute Gasteiger partial charge is 0.248 e. The zero-order valence-electron chi connectivity index (χ0n) is 10.5. The first-order chi connectivity index (χ1) is 8.06. The van der Waals surface area contributed by atoms with Crippen LogP contribution in [0.3, 0.4) is 0 Å². The van der Waals surface area contributed by atoms with E-state index in [-0.39, 0.29) is 12.5 Å². The summed E-state index contributed by atoms with van der Waals surface area (Å²) in [5.41, 5.74) is 7.02. The van der Waals surface area contributed by atoms with E-state index in [1.54, 1.807) is 11.9 Å². The first-order valence-electron chi connectivity index (χ1n) is 5.49. The van der Waals surface area contributed by atoms with Crippen molar-refractivity contribution in [3.63, 3.8) is 0 Å². The van der Waals surface area contributed by atoms with Crippen LogP contribution in [0.2, 0.25) is 0 Å². The third kappa shape index (κ3) is 3.83. The molecule has 0 aliphatic carbocycles. The molecule has 6 nitrogen and oxygen atoms in total. The number of aromatic nitrogens is 1. The van der Waals surface area contributed by atoms with Crippen LogP contribution < -0.4 is 5.73 Å². The molecule has 0 aliphatic rings. The van der Waals surface area contributed by atoms with Crippen LogP contribution in [-0.2, 0) is 16.1 Å². The van der Waals surface area contributed by atoms with E-state index < -0.39 is 0 Å². The second-order valence-corrected chi connectivity index (χ2v) is 3.89. The molecule has 0 radical (unpaired) electrons. The largest absolute Gasteiger partial charge is 0.370 e. The van der Waals surface area contributed by atoms with Gasteiger partial charge in [-0.3, -0.25) is 4.79 Å². The van der Waals surface area contributed by atoms with Crippen molar-refractivity contribution in [3.05, 3.63) is 17.0 Å². The summed E-state index contributed by atoms with van der Waals surface area (Å²) in [6, 6.07) is 0. The van der Waals surface area contributed by atoms with Crippen molar-refractivity contribution >= 4 is 5.91 Å². The van der Waals surface area contributed by atoms with Gasteiger partial charge in [0.15, 0.2) is 0 Å². The Hall–Kier alpha value is -1.40. The van der Waals surface area contributed by atoms with Crippen molar-refractivity contribution in [2.24, 2.45) is 5.73 Å². The lowest BCUT2D eigenvalue weighted by atomic mass is 10.2. The van der Waals surface area contributed by atoms with Crippen LogP contribution in [0.15, 0.2) is 4.52 Å². The minimum absolute atomic E-state index is 0.0527. The fourth-order valence-corrected chi connectivity index (χ4v) is 1.41. The topological polar surface area (TPSA) is 81.6 Å². The summed E-state index contributed by atoms with van der Waals surface area (Å²) in [6.07, 6.45) is 0. The van der Waals surface area contributed by atoms with Gasteiger partial charge < -0.3 is 19.9 Å². The lowest BCUT2D eigenvalue weighted by Gasteiger charge is -2.16. The number of hydrogen-bond donors (Lipinski definition) is 1. The van der Waals surface area contributed by atoms with Crippen molar-refractivity contribution in [2.75, 3.05) is 26.8 Å². The third-order valence-electron chi connectivity index (χ3n) is 2.49. The molecule has 17 heavy (non-hydrogen) atoms. The maximum atomic E-state index is 11.7. The Balaban J connectivity index is 2.48. The van der Waals surface area contributed by atoms with Gasteiger partial charge in [0.2, 0.25) is 5.91 Å². The van der Waals surface area contributed by atoms with E-state index in [1.807, 2.05) is 13.8 Å². The molecule has 0 fully saturated rings. The van der Waals surface area contributed by atoms with Gasteiger partial charge >= 0.3 is 0 Å². The quantitative estimate of drug-likeness (QED) is 0.721. The van der Waals surface area contributed by atoms with E-state index in [0.29, 0.717) is 19.7 Å². The van der Waals surface area contributed by atoms with Gasteiger partial charge in [-0.05, 0) is 13.8 Å². The van der Waals surface area contributed by atoms with Crippen LogP contribution in [0.5, 0.6) is 0 Å². The van der Waals surface area contributed by atoms with Crippen molar-refractivity contribution in [1.82, 2.24) is 10.1 Å². The van der Waals surface area contributed by atoms with Crippen LogP contribution in [0.25, 0.3) is 0 Å². The zero-order valence-corrected chi connectivity index (χ0v) is 10.5. The lowest BCUT2D eigenvalue weighted by molar-refractivity contribution is -0.135. The van der Waals surface area contributed by atoms with Gasteiger partial charge in [0.05, 0.1) is 18.8 Å². The molecular formula is C11H19N3O3. The number of nitrogens with two attached hydrogens (primary N) is 1. The lowest BCUT2D eigenvalue weighted by Crippen LogP contribution is -2.30. The second-order valence-electron chi connectivity index (χ2n) is 3.89. The Labute approximate surface area is 101 Å². The molecule has 1 aromatic rings. The van der Waals surface area contributed by atoms with E-state index in [2.05, 4.69) is 5.16 Å². The Morgan fingerprint density at radius 2 is 2.24 bits per heavy atom. The van der Waals surface area contributed by atoms with Gasteiger partial charge in [-0.25, -0.2) is 0 Å². The maximum Gasteiger partial charge on any atom is 0.248 e. The molecule has 1 aromatic heterocycles. The van der Waals surface area contributed by atoms with E-state index in [4.69, 9.17) is 15.0 Å². The summed E-state index contributed by atoms with van der Waals surface area (Å²) >= 11 is 0. The van der Waals surface area contributed by atoms with Crippen molar-refractivity contribution < 1.29 is 14.1 Å². The number of carbonyl (C=O) groups excluding carboxylic acids is 1. The summed E-state index contributed by atoms with van der Waals surface area (Å²) in [6.45, 7) is 5.03. The molecule has 96 valence electrons. The zero-order chi connectivity index (χ0) is 12.8. The van der Waals surface area contributed by atoms with Crippen LogP contribution in [0, 0.1) is 13.8 Å². The van der Waals surface area contributed by atoms with Gasteiger partial charge in [-0.15, -0.1) is 0 Å². The molecule has 6 heteroatoms. The molecule has 1 rings (SSSR count). The van der Waals surface area contributed by atoms with E-state index in [9.17, 15) is 4.79 Å². The van der Waals surface area contributed by atoms with Crippen molar-refractivity contribution in [3.8, 4) is 0 Å². The summed E-state index contributed by atoms with van der Waals surface area (Å²) < 4.78 is 10.1. The molecule has 1 heterocycles. The predicted molar refractivity (Wildman–Crippen MR) is 62.3 cm³/mol. The Morgan fingerprint density at radius 1 is 1.53 bits per heavy atom.